The molecule has 0 saturated carbocycles. The predicted octanol–water partition coefficient (Wildman–Crippen LogP) is 3.33. The maximum atomic E-state index is 11.2. The molecule has 3 aromatic heterocycles. The van der Waals surface area contributed by atoms with Crippen molar-refractivity contribution in [3.8, 4) is 11.3 Å². The van der Waals surface area contributed by atoms with Gasteiger partial charge in [-0.1, -0.05) is 12.1 Å². The number of nitrogen functional groups attached to an aromatic ring is 1. The third-order valence-electron chi connectivity index (χ3n) is 4.05. The van der Waals surface area contributed by atoms with Crippen molar-refractivity contribution in [1.29, 1.82) is 0 Å². The maximum absolute atomic E-state index is 11.2. The zero-order valence-corrected chi connectivity index (χ0v) is 14.3. The first-order valence-corrected chi connectivity index (χ1v) is 8.11. The van der Waals surface area contributed by atoms with Crippen LogP contribution >= 0.6 is 0 Å². The molecule has 0 aliphatic carbocycles. The van der Waals surface area contributed by atoms with Gasteiger partial charge in [-0.3, -0.25) is 15.1 Å². The van der Waals surface area contributed by atoms with Crippen LogP contribution in [0, 0.1) is 17.0 Å². The minimum Gasteiger partial charge on any atom is -0.393 e. The standard InChI is InChI=1S/C18H15N7O2/c1-11-5-7-13(10-20-11)21-18-22-17-4-2-3-15(24(17)23-18)12-6-8-14(19)16(9-12)25(26)27/h2-10H,19H2,1H3,(H,21,23). The van der Waals surface area contributed by atoms with Crippen LogP contribution in [-0.2, 0) is 0 Å². The highest BCUT2D eigenvalue weighted by molar-refractivity contribution is 5.72. The molecule has 9 nitrogen and oxygen atoms in total. The molecule has 0 fully saturated rings. The Kier molecular flexibility index (Phi) is 3.88. The quantitative estimate of drug-likeness (QED) is 0.324. The number of nitro benzene ring substituents is 1. The van der Waals surface area contributed by atoms with Crippen LogP contribution in [0.1, 0.15) is 5.69 Å². The third kappa shape index (κ3) is 3.13. The van der Waals surface area contributed by atoms with Crippen molar-refractivity contribution in [2.45, 2.75) is 6.92 Å². The number of nitrogens with zero attached hydrogens (tertiary/aromatic N) is 5. The Hall–Kier alpha value is -4.01. The Morgan fingerprint density at radius 3 is 2.78 bits per heavy atom. The number of aryl methyl sites for hydroxylation is 1. The second-order valence-corrected chi connectivity index (χ2v) is 5.96. The Bertz CT molecular complexity index is 1150. The van der Waals surface area contributed by atoms with Gasteiger partial charge in [-0.25, -0.2) is 4.52 Å². The number of nitro groups is 1. The third-order valence-corrected chi connectivity index (χ3v) is 4.05. The number of benzene rings is 1. The predicted molar refractivity (Wildman–Crippen MR) is 102 cm³/mol. The monoisotopic (exact) mass is 361 g/mol. The minimum atomic E-state index is -0.502. The first kappa shape index (κ1) is 16.5. The van der Waals surface area contributed by atoms with Crippen molar-refractivity contribution in [3.05, 3.63) is 70.5 Å². The van der Waals surface area contributed by atoms with Gasteiger partial charge in [0.05, 0.1) is 22.5 Å². The van der Waals surface area contributed by atoms with Gasteiger partial charge < -0.3 is 11.1 Å². The number of aromatic nitrogens is 4. The molecule has 1 aromatic carbocycles. The van der Waals surface area contributed by atoms with E-state index < -0.39 is 4.92 Å². The van der Waals surface area contributed by atoms with E-state index in [1.165, 1.54) is 12.1 Å². The van der Waals surface area contributed by atoms with Crippen LogP contribution in [0.4, 0.5) is 23.0 Å². The van der Waals surface area contributed by atoms with Crippen molar-refractivity contribution in [2.24, 2.45) is 0 Å². The SMILES string of the molecule is Cc1ccc(Nc2nc3cccc(-c4ccc(N)c([N+](=O)[O-])c4)n3n2)cn1. The molecular weight excluding hydrogens is 346 g/mol. The smallest absolute Gasteiger partial charge is 0.292 e. The highest BCUT2D eigenvalue weighted by Crippen LogP contribution is 2.29. The summed E-state index contributed by atoms with van der Waals surface area (Å²) in [5.74, 6) is 0.401. The molecule has 3 heterocycles. The summed E-state index contributed by atoms with van der Waals surface area (Å²) in [5.41, 5.74) is 9.23. The molecule has 0 amide bonds. The van der Waals surface area contributed by atoms with E-state index in [0.717, 1.165) is 11.4 Å². The molecule has 0 unspecified atom stereocenters. The lowest BCUT2D eigenvalue weighted by molar-refractivity contribution is -0.383. The van der Waals surface area contributed by atoms with Crippen LogP contribution in [0.5, 0.6) is 0 Å². The molecule has 3 N–H and O–H groups in total. The molecule has 0 aliphatic rings. The molecule has 0 radical (unpaired) electrons. The largest absolute Gasteiger partial charge is 0.393 e. The zero-order chi connectivity index (χ0) is 19.0. The summed E-state index contributed by atoms with van der Waals surface area (Å²) in [7, 11) is 0. The van der Waals surface area contributed by atoms with Gasteiger partial charge in [-0.2, -0.15) is 4.98 Å². The summed E-state index contributed by atoms with van der Waals surface area (Å²) >= 11 is 0. The summed E-state index contributed by atoms with van der Waals surface area (Å²) in [4.78, 5) is 19.3. The summed E-state index contributed by atoms with van der Waals surface area (Å²) in [6.07, 6.45) is 1.70. The van der Waals surface area contributed by atoms with E-state index in [0.29, 0.717) is 22.9 Å². The van der Waals surface area contributed by atoms with Crippen molar-refractivity contribution in [2.75, 3.05) is 11.1 Å². The molecule has 9 heteroatoms. The average Bonchev–Trinajstić information content (AvgIpc) is 3.06. The lowest BCUT2D eigenvalue weighted by Crippen LogP contribution is -1.99. The molecule has 27 heavy (non-hydrogen) atoms. The van der Waals surface area contributed by atoms with Crippen LogP contribution in [0.25, 0.3) is 16.9 Å². The van der Waals surface area contributed by atoms with E-state index in [-0.39, 0.29) is 11.4 Å². The number of fused-ring (bicyclic) bond motifs is 1. The van der Waals surface area contributed by atoms with Gasteiger partial charge in [0.2, 0.25) is 5.95 Å². The second kappa shape index (κ2) is 6.37. The van der Waals surface area contributed by atoms with E-state index in [9.17, 15) is 10.1 Å². The summed E-state index contributed by atoms with van der Waals surface area (Å²) in [5, 5.41) is 18.7. The van der Waals surface area contributed by atoms with Crippen LogP contribution < -0.4 is 11.1 Å². The lowest BCUT2D eigenvalue weighted by atomic mass is 10.1. The van der Waals surface area contributed by atoms with Crippen LogP contribution in [0.2, 0.25) is 0 Å². The summed E-state index contributed by atoms with van der Waals surface area (Å²) in [6, 6.07) is 13.9. The molecule has 0 atom stereocenters. The maximum Gasteiger partial charge on any atom is 0.292 e. The van der Waals surface area contributed by atoms with Gasteiger partial charge in [-0.05, 0) is 37.3 Å². The number of hydrogen-bond donors (Lipinski definition) is 2. The summed E-state index contributed by atoms with van der Waals surface area (Å²) in [6.45, 7) is 1.91. The van der Waals surface area contributed by atoms with Gasteiger partial charge in [0, 0.05) is 17.3 Å². The number of nitrogens with two attached hydrogens (primary N) is 1. The molecule has 134 valence electrons. The Morgan fingerprint density at radius 2 is 2.04 bits per heavy atom. The van der Waals surface area contributed by atoms with Crippen LogP contribution in [0.15, 0.2) is 54.7 Å². The van der Waals surface area contributed by atoms with Crippen molar-refractivity contribution >= 4 is 28.7 Å². The number of nitrogens with one attached hydrogen (secondary N) is 1. The Morgan fingerprint density at radius 1 is 1.19 bits per heavy atom. The van der Waals surface area contributed by atoms with Crippen LogP contribution in [-0.4, -0.2) is 24.5 Å². The normalized spacial score (nSPS) is 10.9. The fourth-order valence-corrected chi connectivity index (χ4v) is 2.71. The van der Waals surface area contributed by atoms with Crippen molar-refractivity contribution < 1.29 is 4.92 Å². The first-order chi connectivity index (χ1) is 13.0. The average molecular weight is 361 g/mol. The highest BCUT2D eigenvalue weighted by Gasteiger charge is 2.15. The van der Waals surface area contributed by atoms with Crippen molar-refractivity contribution in [1.82, 2.24) is 19.6 Å². The Balaban J connectivity index is 1.76. The number of anilines is 3. The van der Waals surface area contributed by atoms with Gasteiger partial charge in [-0.15, -0.1) is 5.10 Å². The van der Waals surface area contributed by atoms with E-state index in [2.05, 4.69) is 20.4 Å². The van der Waals surface area contributed by atoms with E-state index >= 15 is 0 Å². The zero-order valence-electron chi connectivity index (χ0n) is 14.3. The Labute approximate surface area is 153 Å². The molecule has 4 aromatic rings. The van der Waals surface area contributed by atoms with Crippen LogP contribution in [0.3, 0.4) is 0 Å². The van der Waals surface area contributed by atoms with Gasteiger partial charge in [0.15, 0.2) is 5.65 Å². The number of rotatable bonds is 4. The van der Waals surface area contributed by atoms with E-state index in [4.69, 9.17) is 5.73 Å². The second-order valence-electron chi connectivity index (χ2n) is 5.96. The fourth-order valence-electron chi connectivity index (χ4n) is 2.71. The molecule has 0 bridgehead atoms. The fraction of sp³-hybridized carbons (Fsp3) is 0.0556. The lowest BCUT2D eigenvalue weighted by Gasteiger charge is -2.05. The molecule has 0 spiro atoms. The van der Waals surface area contributed by atoms with E-state index in [1.807, 2.05) is 31.2 Å². The minimum absolute atomic E-state index is 0.115. The molecule has 0 aliphatic heterocycles. The van der Waals surface area contributed by atoms with Gasteiger partial charge in [0.1, 0.15) is 5.69 Å². The molecular formula is C18H15N7O2. The van der Waals surface area contributed by atoms with Gasteiger partial charge in [0.25, 0.3) is 5.69 Å². The highest BCUT2D eigenvalue weighted by atomic mass is 16.6. The number of hydrogen-bond acceptors (Lipinski definition) is 7. The molecule has 4 rings (SSSR count). The molecule has 0 saturated heterocycles. The topological polar surface area (TPSA) is 124 Å². The summed E-state index contributed by atoms with van der Waals surface area (Å²) < 4.78 is 1.62. The van der Waals surface area contributed by atoms with E-state index in [1.54, 1.807) is 22.8 Å². The first-order valence-electron chi connectivity index (χ1n) is 8.11. The number of pyridine rings is 2. The van der Waals surface area contributed by atoms with Gasteiger partial charge >= 0.3 is 0 Å². The van der Waals surface area contributed by atoms with Crippen molar-refractivity contribution in [3.63, 3.8) is 0 Å².